The molecule has 0 aromatic heterocycles. The average Bonchev–Trinajstić information content (AvgIpc) is 2.79. The second-order valence-electron chi connectivity index (χ2n) is 7.09. The first kappa shape index (κ1) is 21.1. The Morgan fingerprint density at radius 2 is 1.59 bits per heavy atom. The van der Waals surface area contributed by atoms with Crippen molar-refractivity contribution in [1.82, 2.24) is 10.2 Å². The second kappa shape index (κ2) is 10.8. The van der Waals surface area contributed by atoms with Gasteiger partial charge in [-0.05, 0) is 41.8 Å². The zero-order valence-electron chi connectivity index (χ0n) is 17.2. The van der Waals surface area contributed by atoms with Gasteiger partial charge in [0.05, 0.1) is 33.5 Å². The van der Waals surface area contributed by atoms with Gasteiger partial charge in [-0.3, -0.25) is 9.69 Å². The van der Waals surface area contributed by atoms with Crippen LogP contribution in [0.5, 0.6) is 11.5 Å². The number of methoxy groups -OCH3 is 2. The summed E-state index contributed by atoms with van der Waals surface area (Å²) < 4.78 is 15.9. The van der Waals surface area contributed by atoms with Gasteiger partial charge in [0.2, 0.25) is 5.91 Å². The number of morpholine rings is 1. The number of hydrogen-bond acceptors (Lipinski definition) is 5. The molecule has 1 amide bonds. The van der Waals surface area contributed by atoms with Crippen molar-refractivity contribution in [3.63, 3.8) is 0 Å². The van der Waals surface area contributed by atoms with E-state index < -0.39 is 0 Å². The van der Waals surface area contributed by atoms with Crippen molar-refractivity contribution in [3.05, 3.63) is 59.7 Å². The maximum absolute atomic E-state index is 12.5. The van der Waals surface area contributed by atoms with E-state index in [9.17, 15) is 4.79 Å². The Hall–Kier alpha value is -2.57. The zero-order chi connectivity index (χ0) is 20.5. The molecule has 0 radical (unpaired) electrons. The predicted molar refractivity (Wildman–Crippen MR) is 112 cm³/mol. The van der Waals surface area contributed by atoms with Crippen LogP contribution in [0.3, 0.4) is 0 Å². The highest BCUT2D eigenvalue weighted by Crippen LogP contribution is 2.23. The molecular formula is C23H30N2O4. The molecule has 156 valence electrons. The highest BCUT2D eigenvalue weighted by Gasteiger charge is 2.23. The molecule has 3 rings (SSSR count). The minimum Gasteiger partial charge on any atom is -0.497 e. The number of nitrogens with zero attached hydrogens (tertiary/aromatic N) is 1. The summed E-state index contributed by atoms with van der Waals surface area (Å²) in [5.41, 5.74) is 2.30. The van der Waals surface area contributed by atoms with Crippen molar-refractivity contribution in [1.29, 1.82) is 0 Å². The lowest BCUT2D eigenvalue weighted by Gasteiger charge is -2.35. The molecule has 1 fully saturated rings. The normalized spacial score (nSPS) is 15.5. The number of benzene rings is 2. The smallest absolute Gasteiger partial charge is 0.220 e. The number of carbonyl (C=O) groups is 1. The lowest BCUT2D eigenvalue weighted by Crippen LogP contribution is -2.43. The molecule has 6 heteroatoms. The van der Waals surface area contributed by atoms with Crippen molar-refractivity contribution in [3.8, 4) is 11.5 Å². The summed E-state index contributed by atoms with van der Waals surface area (Å²) in [6, 6.07) is 16.0. The molecule has 6 nitrogen and oxygen atoms in total. The van der Waals surface area contributed by atoms with E-state index in [-0.39, 0.29) is 11.9 Å². The van der Waals surface area contributed by atoms with E-state index in [0.717, 1.165) is 43.4 Å². The van der Waals surface area contributed by atoms with Crippen LogP contribution >= 0.6 is 0 Å². The quantitative estimate of drug-likeness (QED) is 0.704. The summed E-state index contributed by atoms with van der Waals surface area (Å²) in [7, 11) is 3.31. The fourth-order valence-corrected chi connectivity index (χ4v) is 3.52. The van der Waals surface area contributed by atoms with Gasteiger partial charge in [-0.2, -0.15) is 0 Å². The van der Waals surface area contributed by atoms with Crippen LogP contribution in [0, 0.1) is 0 Å². The van der Waals surface area contributed by atoms with Crippen LogP contribution in [0.1, 0.15) is 23.6 Å². The van der Waals surface area contributed by atoms with Gasteiger partial charge in [0.1, 0.15) is 11.5 Å². The van der Waals surface area contributed by atoms with Crippen LogP contribution in [0.2, 0.25) is 0 Å². The Labute approximate surface area is 172 Å². The Morgan fingerprint density at radius 1 is 1.00 bits per heavy atom. The van der Waals surface area contributed by atoms with Gasteiger partial charge in [0.25, 0.3) is 0 Å². The lowest BCUT2D eigenvalue weighted by atomic mass is 10.0. The number of hydrogen-bond donors (Lipinski definition) is 1. The Balaban J connectivity index is 1.56. The zero-order valence-corrected chi connectivity index (χ0v) is 17.2. The number of amides is 1. The van der Waals surface area contributed by atoms with Crippen molar-refractivity contribution < 1.29 is 19.0 Å². The predicted octanol–water partition coefficient (Wildman–Crippen LogP) is 2.83. The van der Waals surface area contributed by atoms with Crippen LogP contribution in [0.25, 0.3) is 0 Å². The first-order valence-electron chi connectivity index (χ1n) is 10.0. The fraction of sp³-hybridized carbons (Fsp3) is 0.435. The summed E-state index contributed by atoms with van der Waals surface area (Å²) in [4.78, 5) is 14.8. The fourth-order valence-electron chi connectivity index (χ4n) is 3.52. The van der Waals surface area contributed by atoms with Crippen LogP contribution in [0.4, 0.5) is 0 Å². The van der Waals surface area contributed by atoms with E-state index in [2.05, 4.69) is 22.3 Å². The standard InChI is InChI=1S/C23H30N2O4/c1-27-20-8-3-18(4-9-20)5-12-23(26)24-17-22(25-13-15-29-16-14-25)19-6-10-21(28-2)11-7-19/h3-4,6-11,22H,5,12-17H2,1-2H3,(H,24,26). The second-order valence-corrected chi connectivity index (χ2v) is 7.09. The molecule has 1 unspecified atom stereocenters. The topological polar surface area (TPSA) is 60.0 Å². The van der Waals surface area contributed by atoms with Crippen LogP contribution in [0.15, 0.2) is 48.5 Å². The summed E-state index contributed by atoms with van der Waals surface area (Å²) >= 11 is 0. The van der Waals surface area contributed by atoms with E-state index in [1.54, 1.807) is 14.2 Å². The van der Waals surface area contributed by atoms with Gasteiger partial charge in [0.15, 0.2) is 0 Å². The summed E-state index contributed by atoms with van der Waals surface area (Å²) in [6.45, 7) is 3.74. The van der Waals surface area contributed by atoms with Gasteiger partial charge in [0, 0.05) is 26.1 Å². The van der Waals surface area contributed by atoms with Crippen LogP contribution in [-0.2, 0) is 16.0 Å². The molecule has 2 aromatic rings. The van der Waals surface area contributed by atoms with Crippen LogP contribution < -0.4 is 14.8 Å². The van der Waals surface area contributed by atoms with Gasteiger partial charge in [-0.15, -0.1) is 0 Å². The SMILES string of the molecule is COc1ccc(CCC(=O)NCC(c2ccc(OC)cc2)N2CCOCC2)cc1. The third-order valence-corrected chi connectivity index (χ3v) is 5.28. The third kappa shape index (κ3) is 6.21. The van der Waals surface area contributed by atoms with Crippen molar-refractivity contribution in [2.45, 2.75) is 18.9 Å². The average molecular weight is 399 g/mol. The van der Waals surface area contributed by atoms with E-state index in [4.69, 9.17) is 14.2 Å². The van der Waals surface area contributed by atoms with E-state index >= 15 is 0 Å². The number of nitrogens with one attached hydrogen (secondary N) is 1. The molecule has 2 aromatic carbocycles. The van der Waals surface area contributed by atoms with Crippen molar-refractivity contribution >= 4 is 5.91 Å². The minimum absolute atomic E-state index is 0.0626. The van der Waals surface area contributed by atoms with Crippen molar-refractivity contribution in [2.24, 2.45) is 0 Å². The molecule has 1 aliphatic heterocycles. The number of aryl methyl sites for hydroxylation is 1. The van der Waals surface area contributed by atoms with Crippen molar-refractivity contribution in [2.75, 3.05) is 47.1 Å². The van der Waals surface area contributed by atoms with Crippen LogP contribution in [-0.4, -0.2) is 57.9 Å². The number of rotatable bonds is 9. The highest BCUT2D eigenvalue weighted by molar-refractivity contribution is 5.76. The molecule has 1 N–H and O–H groups in total. The number of ether oxygens (including phenoxy) is 3. The number of carbonyl (C=O) groups excluding carboxylic acids is 1. The molecule has 0 aliphatic carbocycles. The van der Waals surface area contributed by atoms with Gasteiger partial charge in [-0.1, -0.05) is 24.3 Å². The monoisotopic (exact) mass is 398 g/mol. The third-order valence-electron chi connectivity index (χ3n) is 5.28. The first-order valence-corrected chi connectivity index (χ1v) is 10.0. The Kier molecular flexibility index (Phi) is 7.90. The molecule has 1 atom stereocenters. The molecule has 0 bridgehead atoms. The lowest BCUT2D eigenvalue weighted by molar-refractivity contribution is -0.121. The Morgan fingerprint density at radius 3 is 2.17 bits per heavy atom. The molecule has 29 heavy (non-hydrogen) atoms. The maximum atomic E-state index is 12.5. The van der Waals surface area contributed by atoms with E-state index in [0.29, 0.717) is 19.4 Å². The van der Waals surface area contributed by atoms with Gasteiger partial charge < -0.3 is 19.5 Å². The molecule has 1 saturated heterocycles. The van der Waals surface area contributed by atoms with Gasteiger partial charge in [-0.25, -0.2) is 0 Å². The van der Waals surface area contributed by atoms with E-state index in [1.165, 1.54) is 5.56 Å². The molecular weight excluding hydrogens is 368 g/mol. The molecule has 1 heterocycles. The van der Waals surface area contributed by atoms with E-state index in [1.807, 2.05) is 36.4 Å². The molecule has 0 saturated carbocycles. The first-order chi connectivity index (χ1) is 14.2. The summed E-state index contributed by atoms with van der Waals surface area (Å²) in [5.74, 6) is 1.72. The molecule has 1 aliphatic rings. The Bertz CT molecular complexity index is 755. The maximum Gasteiger partial charge on any atom is 0.220 e. The molecule has 0 spiro atoms. The highest BCUT2D eigenvalue weighted by atomic mass is 16.5. The summed E-state index contributed by atoms with van der Waals surface area (Å²) in [6.07, 6.45) is 1.17. The van der Waals surface area contributed by atoms with Gasteiger partial charge >= 0.3 is 0 Å². The summed E-state index contributed by atoms with van der Waals surface area (Å²) in [5, 5.41) is 3.12. The minimum atomic E-state index is 0.0626. The largest absolute Gasteiger partial charge is 0.497 e.